The maximum absolute atomic E-state index is 12.5. The Hall–Kier alpha value is -2.84. The van der Waals surface area contributed by atoms with Gasteiger partial charge in [-0.3, -0.25) is 14.3 Å². The van der Waals surface area contributed by atoms with Crippen molar-refractivity contribution in [1.82, 2.24) is 20.0 Å². The summed E-state index contributed by atoms with van der Waals surface area (Å²) in [4.78, 5) is 25.0. The number of nitrogens with zero attached hydrogens (tertiary/aromatic N) is 3. The number of hydrogen-bond acceptors (Lipinski definition) is 3. The van der Waals surface area contributed by atoms with Gasteiger partial charge in [-0.05, 0) is 23.8 Å². The van der Waals surface area contributed by atoms with Crippen molar-refractivity contribution in [3.05, 3.63) is 53.3 Å². The Morgan fingerprint density at radius 3 is 2.36 bits per heavy atom. The van der Waals surface area contributed by atoms with Crippen LogP contribution in [0, 0.1) is 0 Å². The third-order valence-electron chi connectivity index (χ3n) is 3.52. The predicted octanol–water partition coefficient (Wildman–Crippen LogP) is 1.92. The summed E-state index contributed by atoms with van der Waals surface area (Å²) in [5, 5.41) is 5.86. The second-order valence-electron chi connectivity index (χ2n) is 5.42. The lowest BCUT2D eigenvalue weighted by Crippen LogP contribution is -2.30. The minimum absolute atomic E-state index is 0.213. The molecule has 2 rings (SSSR count). The lowest BCUT2D eigenvalue weighted by molar-refractivity contribution is -0.142. The van der Waals surface area contributed by atoms with Crippen molar-refractivity contribution in [2.75, 3.05) is 14.1 Å². The first-order chi connectivity index (χ1) is 11.7. The molecule has 0 bridgehead atoms. The Bertz CT molecular complexity index is 753. The van der Waals surface area contributed by atoms with Crippen molar-refractivity contribution in [2.24, 2.45) is 0 Å². The Kier molecular flexibility index (Phi) is 5.45. The van der Waals surface area contributed by atoms with Gasteiger partial charge in [-0.2, -0.15) is 18.3 Å². The molecule has 0 aliphatic rings. The van der Waals surface area contributed by atoms with Crippen LogP contribution in [0.25, 0.3) is 0 Å². The molecule has 0 fully saturated rings. The van der Waals surface area contributed by atoms with Gasteiger partial charge >= 0.3 is 6.18 Å². The minimum atomic E-state index is -4.53. The molecule has 2 aromatic rings. The summed E-state index contributed by atoms with van der Waals surface area (Å²) < 4.78 is 38.5. The van der Waals surface area contributed by atoms with E-state index in [0.29, 0.717) is 5.56 Å². The lowest BCUT2D eigenvalue weighted by atomic mass is 10.1. The Labute approximate surface area is 142 Å². The van der Waals surface area contributed by atoms with Crippen molar-refractivity contribution in [1.29, 1.82) is 0 Å². The summed E-state index contributed by atoms with van der Waals surface area (Å²) in [6.45, 7) is -0.0246. The van der Waals surface area contributed by atoms with E-state index < -0.39 is 11.9 Å². The Morgan fingerprint density at radius 2 is 1.84 bits per heavy atom. The van der Waals surface area contributed by atoms with Crippen molar-refractivity contribution < 1.29 is 22.8 Å². The van der Waals surface area contributed by atoms with Crippen LogP contribution in [0.15, 0.2) is 36.5 Å². The first-order valence-electron chi connectivity index (χ1n) is 7.36. The van der Waals surface area contributed by atoms with E-state index in [1.54, 1.807) is 31.3 Å². The molecular weight excluding hydrogens is 337 g/mol. The highest BCUT2D eigenvalue weighted by molar-refractivity contribution is 5.93. The molecule has 1 aromatic heterocycles. The SMILES string of the molecule is CNC(=O)c1ccc(CN(C)C(=O)Cn2ccc(C(F)(F)F)n2)cc1. The van der Waals surface area contributed by atoms with E-state index in [4.69, 9.17) is 0 Å². The number of carbonyl (C=O) groups excluding carboxylic acids is 2. The van der Waals surface area contributed by atoms with Crippen LogP contribution in [0.1, 0.15) is 21.6 Å². The predicted molar refractivity (Wildman–Crippen MR) is 83.5 cm³/mol. The fraction of sp³-hybridized carbons (Fsp3) is 0.312. The van der Waals surface area contributed by atoms with Crippen molar-refractivity contribution in [3.8, 4) is 0 Å². The van der Waals surface area contributed by atoms with Crippen LogP contribution in [0.3, 0.4) is 0 Å². The van der Waals surface area contributed by atoms with E-state index in [2.05, 4.69) is 10.4 Å². The second kappa shape index (κ2) is 7.37. The Morgan fingerprint density at radius 1 is 1.20 bits per heavy atom. The topological polar surface area (TPSA) is 67.2 Å². The van der Waals surface area contributed by atoms with E-state index >= 15 is 0 Å². The van der Waals surface area contributed by atoms with Crippen LogP contribution in [-0.4, -0.2) is 40.6 Å². The molecule has 0 aliphatic heterocycles. The molecule has 0 radical (unpaired) electrons. The van der Waals surface area contributed by atoms with Crippen LogP contribution >= 0.6 is 0 Å². The van der Waals surface area contributed by atoms with Crippen LogP contribution in [0.4, 0.5) is 13.2 Å². The van der Waals surface area contributed by atoms with Gasteiger partial charge in [-0.25, -0.2) is 0 Å². The lowest BCUT2D eigenvalue weighted by Gasteiger charge is -2.17. The largest absolute Gasteiger partial charge is 0.435 e. The van der Waals surface area contributed by atoms with Gasteiger partial charge in [0.1, 0.15) is 6.54 Å². The molecule has 0 spiro atoms. The van der Waals surface area contributed by atoms with E-state index in [0.717, 1.165) is 22.5 Å². The number of benzene rings is 1. The molecule has 0 atom stereocenters. The fourth-order valence-electron chi connectivity index (χ4n) is 2.13. The monoisotopic (exact) mass is 354 g/mol. The third kappa shape index (κ3) is 4.82. The first kappa shape index (κ1) is 18.5. The van der Waals surface area contributed by atoms with Crippen molar-refractivity contribution in [2.45, 2.75) is 19.3 Å². The van der Waals surface area contributed by atoms with E-state index in [1.807, 2.05) is 0 Å². The summed E-state index contributed by atoms with van der Waals surface area (Å²) in [6, 6.07) is 7.52. The minimum Gasteiger partial charge on any atom is -0.355 e. The van der Waals surface area contributed by atoms with Gasteiger partial charge in [-0.1, -0.05) is 12.1 Å². The fourth-order valence-corrected chi connectivity index (χ4v) is 2.13. The van der Waals surface area contributed by atoms with Gasteiger partial charge in [0, 0.05) is 32.4 Å². The Balaban J connectivity index is 1.96. The standard InChI is InChI=1S/C16H17F3N4O2/c1-20-15(25)12-5-3-11(4-6-12)9-22(2)14(24)10-23-8-7-13(21-23)16(17,18)19/h3-8H,9-10H2,1-2H3,(H,20,25). The third-order valence-corrected chi connectivity index (χ3v) is 3.52. The average Bonchev–Trinajstić information content (AvgIpc) is 3.03. The molecule has 0 saturated carbocycles. The number of hydrogen-bond donors (Lipinski definition) is 1. The van der Waals surface area contributed by atoms with Crippen molar-refractivity contribution in [3.63, 3.8) is 0 Å². The number of aromatic nitrogens is 2. The van der Waals surface area contributed by atoms with Gasteiger partial charge in [0.05, 0.1) is 0 Å². The van der Waals surface area contributed by atoms with E-state index in [-0.39, 0.29) is 24.9 Å². The van der Waals surface area contributed by atoms with Crippen LogP contribution in [-0.2, 0) is 24.1 Å². The number of nitrogens with one attached hydrogen (secondary N) is 1. The van der Waals surface area contributed by atoms with Gasteiger partial charge in [-0.15, -0.1) is 0 Å². The molecule has 1 N–H and O–H groups in total. The molecule has 6 nitrogen and oxygen atoms in total. The van der Waals surface area contributed by atoms with Gasteiger partial charge in [0.25, 0.3) is 5.91 Å². The number of likely N-dealkylation sites (N-methyl/N-ethyl adjacent to an activating group) is 1. The number of alkyl halides is 3. The summed E-state index contributed by atoms with van der Waals surface area (Å²) >= 11 is 0. The quantitative estimate of drug-likeness (QED) is 0.892. The zero-order valence-corrected chi connectivity index (χ0v) is 13.7. The second-order valence-corrected chi connectivity index (χ2v) is 5.42. The highest BCUT2D eigenvalue weighted by atomic mass is 19.4. The molecule has 25 heavy (non-hydrogen) atoms. The molecule has 1 heterocycles. The van der Waals surface area contributed by atoms with E-state index in [1.165, 1.54) is 11.9 Å². The normalized spacial score (nSPS) is 11.2. The molecular formula is C16H17F3N4O2. The summed E-state index contributed by atoms with van der Waals surface area (Å²) in [5.74, 6) is -0.595. The zero-order chi connectivity index (χ0) is 18.6. The van der Waals surface area contributed by atoms with Gasteiger partial charge < -0.3 is 10.2 Å². The number of rotatable bonds is 5. The number of carbonyl (C=O) groups is 2. The zero-order valence-electron chi connectivity index (χ0n) is 13.7. The van der Waals surface area contributed by atoms with Crippen molar-refractivity contribution >= 4 is 11.8 Å². The van der Waals surface area contributed by atoms with E-state index in [9.17, 15) is 22.8 Å². The smallest absolute Gasteiger partial charge is 0.355 e. The maximum Gasteiger partial charge on any atom is 0.435 e. The van der Waals surface area contributed by atoms with Gasteiger partial charge in [0.2, 0.25) is 5.91 Å². The number of amides is 2. The highest BCUT2D eigenvalue weighted by Gasteiger charge is 2.33. The molecule has 0 aliphatic carbocycles. The van der Waals surface area contributed by atoms with Crippen LogP contribution in [0.2, 0.25) is 0 Å². The maximum atomic E-state index is 12.5. The summed E-state index contributed by atoms with van der Waals surface area (Å²) in [6.07, 6.45) is -3.42. The van der Waals surface area contributed by atoms with Crippen LogP contribution < -0.4 is 5.32 Å². The summed E-state index contributed by atoms with van der Waals surface area (Å²) in [7, 11) is 3.07. The molecule has 2 amide bonds. The highest BCUT2D eigenvalue weighted by Crippen LogP contribution is 2.27. The molecule has 0 unspecified atom stereocenters. The molecule has 9 heteroatoms. The van der Waals surface area contributed by atoms with Gasteiger partial charge in [0.15, 0.2) is 5.69 Å². The first-order valence-corrected chi connectivity index (χ1v) is 7.36. The van der Waals surface area contributed by atoms with Crippen LogP contribution in [0.5, 0.6) is 0 Å². The summed E-state index contributed by atoms with van der Waals surface area (Å²) in [5.41, 5.74) is 0.254. The number of halogens is 3. The molecule has 134 valence electrons. The molecule has 0 saturated heterocycles. The average molecular weight is 354 g/mol. The molecule has 1 aromatic carbocycles.